The van der Waals surface area contributed by atoms with E-state index in [2.05, 4.69) is 0 Å². The van der Waals surface area contributed by atoms with Crippen LogP contribution >= 0.6 is 0 Å². The predicted octanol–water partition coefficient (Wildman–Crippen LogP) is 1.36. The van der Waals surface area contributed by atoms with Crippen molar-refractivity contribution < 1.29 is 14.7 Å². The number of aliphatic carboxylic acids is 1. The highest BCUT2D eigenvalue weighted by Crippen LogP contribution is 2.17. The minimum Gasteiger partial charge on any atom is -0.481 e. The Morgan fingerprint density at radius 1 is 1.29 bits per heavy atom. The van der Waals surface area contributed by atoms with Gasteiger partial charge in [-0.25, -0.2) is 0 Å². The molecule has 4 nitrogen and oxygen atoms in total. The fraction of sp³-hybridized carbons (Fsp3) is 0.800. The van der Waals surface area contributed by atoms with E-state index in [0.717, 1.165) is 0 Å². The molecule has 0 aliphatic heterocycles. The summed E-state index contributed by atoms with van der Waals surface area (Å²) in [5.74, 6) is -0.869. The quantitative estimate of drug-likeness (QED) is 0.747. The van der Waals surface area contributed by atoms with Crippen molar-refractivity contribution in [3.05, 3.63) is 0 Å². The van der Waals surface area contributed by atoms with Gasteiger partial charge in [0.1, 0.15) is 0 Å². The maximum Gasteiger partial charge on any atom is 0.305 e. The fourth-order valence-electron chi connectivity index (χ4n) is 1.11. The summed E-state index contributed by atoms with van der Waals surface area (Å²) in [6, 6.07) is 0. The largest absolute Gasteiger partial charge is 0.481 e. The molecular formula is C10H19NO3. The first-order valence-electron chi connectivity index (χ1n) is 4.80. The molecule has 0 saturated carbocycles. The van der Waals surface area contributed by atoms with Gasteiger partial charge in [-0.2, -0.15) is 0 Å². The lowest BCUT2D eigenvalue weighted by molar-refractivity contribution is -0.141. The summed E-state index contributed by atoms with van der Waals surface area (Å²) in [6.45, 7) is 8.20. The topological polar surface area (TPSA) is 57.6 Å². The van der Waals surface area contributed by atoms with E-state index in [1.54, 1.807) is 4.90 Å². The molecule has 0 atom stereocenters. The second kappa shape index (κ2) is 4.98. The van der Waals surface area contributed by atoms with Gasteiger partial charge in [-0.1, -0.05) is 20.8 Å². The first-order chi connectivity index (χ1) is 6.29. The van der Waals surface area contributed by atoms with Crippen LogP contribution < -0.4 is 0 Å². The number of hydrogen-bond acceptors (Lipinski definition) is 2. The lowest BCUT2D eigenvalue weighted by Crippen LogP contribution is -2.40. The number of carbonyl (C=O) groups excluding carboxylic acids is 1. The summed E-state index contributed by atoms with van der Waals surface area (Å²) in [7, 11) is 0. The van der Waals surface area contributed by atoms with Gasteiger partial charge in [0.25, 0.3) is 0 Å². The molecule has 0 fully saturated rings. The summed E-state index contributed by atoms with van der Waals surface area (Å²) in [6.07, 6.45) is 0.00958. The highest BCUT2D eigenvalue weighted by atomic mass is 16.4. The Balaban J connectivity index is 4.27. The van der Waals surface area contributed by atoms with Crippen molar-refractivity contribution in [2.45, 2.75) is 34.1 Å². The molecule has 0 saturated heterocycles. The third kappa shape index (κ3) is 4.25. The molecule has 0 spiro atoms. The van der Waals surface area contributed by atoms with E-state index in [1.807, 2.05) is 27.7 Å². The summed E-state index contributed by atoms with van der Waals surface area (Å²) in [5.41, 5.74) is -0.436. The van der Waals surface area contributed by atoms with Crippen molar-refractivity contribution in [3.63, 3.8) is 0 Å². The highest BCUT2D eigenvalue weighted by molar-refractivity contribution is 5.82. The Morgan fingerprint density at radius 2 is 1.79 bits per heavy atom. The van der Waals surface area contributed by atoms with Crippen LogP contribution in [0.5, 0.6) is 0 Å². The number of carbonyl (C=O) groups is 2. The monoisotopic (exact) mass is 201 g/mol. The summed E-state index contributed by atoms with van der Waals surface area (Å²) < 4.78 is 0. The molecule has 0 aromatic heterocycles. The minimum absolute atomic E-state index is 0.00116. The lowest BCUT2D eigenvalue weighted by atomic mass is 9.94. The van der Waals surface area contributed by atoms with Gasteiger partial charge in [0.05, 0.1) is 6.42 Å². The van der Waals surface area contributed by atoms with Gasteiger partial charge in [-0.3, -0.25) is 9.59 Å². The second-order valence-electron chi connectivity index (χ2n) is 4.28. The van der Waals surface area contributed by atoms with Gasteiger partial charge in [-0.15, -0.1) is 0 Å². The van der Waals surface area contributed by atoms with Crippen LogP contribution in [0.25, 0.3) is 0 Å². The molecule has 0 aliphatic carbocycles. The summed E-state index contributed by atoms with van der Waals surface area (Å²) >= 11 is 0. The molecule has 0 aromatic rings. The number of rotatable bonds is 4. The molecule has 0 heterocycles. The molecular weight excluding hydrogens is 182 g/mol. The van der Waals surface area contributed by atoms with Crippen molar-refractivity contribution in [2.24, 2.45) is 5.41 Å². The van der Waals surface area contributed by atoms with Gasteiger partial charge in [0, 0.05) is 18.5 Å². The van der Waals surface area contributed by atoms with Gasteiger partial charge < -0.3 is 10.0 Å². The standard InChI is InChI=1S/C10H19NO3/c1-5-11(7-6-8(12)13)9(14)10(2,3)4/h5-7H2,1-4H3,(H,12,13). The van der Waals surface area contributed by atoms with Crippen molar-refractivity contribution in [1.82, 2.24) is 4.90 Å². The number of hydrogen-bond donors (Lipinski definition) is 1. The molecule has 0 radical (unpaired) electrons. The number of carboxylic acid groups (broad SMARTS) is 1. The number of amides is 1. The van der Waals surface area contributed by atoms with Crippen LogP contribution in [0.15, 0.2) is 0 Å². The van der Waals surface area contributed by atoms with E-state index in [1.165, 1.54) is 0 Å². The minimum atomic E-state index is -0.870. The van der Waals surface area contributed by atoms with E-state index in [0.29, 0.717) is 13.1 Å². The Morgan fingerprint density at radius 3 is 2.07 bits per heavy atom. The second-order valence-corrected chi connectivity index (χ2v) is 4.28. The average molecular weight is 201 g/mol. The number of nitrogens with zero attached hydrogens (tertiary/aromatic N) is 1. The van der Waals surface area contributed by atoms with Crippen LogP contribution in [0.3, 0.4) is 0 Å². The fourth-order valence-corrected chi connectivity index (χ4v) is 1.11. The molecule has 0 aromatic carbocycles. The van der Waals surface area contributed by atoms with Gasteiger partial charge >= 0.3 is 5.97 Å². The zero-order valence-electron chi connectivity index (χ0n) is 9.33. The first kappa shape index (κ1) is 12.9. The maximum absolute atomic E-state index is 11.7. The molecule has 0 aliphatic rings. The Labute approximate surface area is 84.9 Å². The molecule has 1 amide bonds. The van der Waals surface area contributed by atoms with Gasteiger partial charge in [-0.05, 0) is 6.92 Å². The Bertz CT molecular complexity index is 218. The molecule has 1 N–H and O–H groups in total. The first-order valence-corrected chi connectivity index (χ1v) is 4.80. The van der Waals surface area contributed by atoms with Crippen molar-refractivity contribution in [2.75, 3.05) is 13.1 Å². The Kier molecular flexibility index (Phi) is 4.60. The van der Waals surface area contributed by atoms with Crippen molar-refractivity contribution in [1.29, 1.82) is 0 Å². The summed E-state index contributed by atoms with van der Waals surface area (Å²) in [5, 5.41) is 8.50. The average Bonchev–Trinajstić information content (AvgIpc) is 2.03. The van der Waals surface area contributed by atoms with E-state index >= 15 is 0 Å². The van der Waals surface area contributed by atoms with Crippen LogP contribution in [0.1, 0.15) is 34.1 Å². The maximum atomic E-state index is 11.7. The van der Waals surface area contributed by atoms with Gasteiger partial charge in [0.15, 0.2) is 0 Å². The molecule has 14 heavy (non-hydrogen) atoms. The third-order valence-corrected chi connectivity index (χ3v) is 1.91. The number of carboxylic acids is 1. The van der Waals surface area contributed by atoms with Crippen LogP contribution in [-0.4, -0.2) is 35.0 Å². The van der Waals surface area contributed by atoms with Crippen molar-refractivity contribution >= 4 is 11.9 Å². The molecule has 4 heteroatoms. The van der Waals surface area contributed by atoms with E-state index in [-0.39, 0.29) is 12.3 Å². The van der Waals surface area contributed by atoms with E-state index in [4.69, 9.17) is 5.11 Å². The van der Waals surface area contributed by atoms with Crippen LogP contribution in [0.4, 0.5) is 0 Å². The normalized spacial score (nSPS) is 11.1. The molecule has 0 rings (SSSR count). The zero-order valence-corrected chi connectivity index (χ0v) is 9.33. The third-order valence-electron chi connectivity index (χ3n) is 1.91. The molecule has 0 bridgehead atoms. The van der Waals surface area contributed by atoms with Crippen molar-refractivity contribution in [3.8, 4) is 0 Å². The van der Waals surface area contributed by atoms with E-state index in [9.17, 15) is 9.59 Å². The summed E-state index contributed by atoms with van der Waals surface area (Å²) in [4.78, 5) is 23.7. The lowest BCUT2D eigenvalue weighted by Gasteiger charge is -2.27. The highest BCUT2D eigenvalue weighted by Gasteiger charge is 2.26. The molecule has 0 unspecified atom stereocenters. The smallest absolute Gasteiger partial charge is 0.305 e. The van der Waals surface area contributed by atoms with Gasteiger partial charge in [0.2, 0.25) is 5.91 Å². The van der Waals surface area contributed by atoms with Crippen LogP contribution in [-0.2, 0) is 9.59 Å². The van der Waals surface area contributed by atoms with E-state index < -0.39 is 11.4 Å². The Hall–Kier alpha value is -1.06. The van der Waals surface area contributed by atoms with Crippen LogP contribution in [0, 0.1) is 5.41 Å². The SMILES string of the molecule is CCN(CCC(=O)O)C(=O)C(C)(C)C. The predicted molar refractivity (Wildman–Crippen MR) is 54.0 cm³/mol. The zero-order chi connectivity index (χ0) is 11.4. The van der Waals surface area contributed by atoms with Crippen LogP contribution in [0.2, 0.25) is 0 Å². The molecule has 82 valence electrons.